The molecule has 0 bridgehead atoms. The highest BCUT2D eigenvalue weighted by atomic mass is 32.2. The van der Waals surface area contributed by atoms with E-state index in [4.69, 9.17) is 0 Å². The Morgan fingerprint density at radius 1 is 1.52 bits per heavy atom. The van der Waals surface area contributed by atoms with Gasteiger partial charge in [-0.15, -0.1) is 0 Å². The van der Waals surface area contributed by atoms with E-state index in [1.165, 1.54) is 0 Å². The van der Waals surface area contributed by atoms with Crippen LogP contribution in [0.3, 0.4) is 0 Å². The molecule has 0 saturated carbocycles. The van der Waals surface area contributed by atoms with Crippen LogP contribution >= 0.6 is 11.8 Å². The Hall–Kier alpha value is -1.14. The summed E-state index contributed by atoms with van der Waals surface area (Å²) in [5.74, 6) is 1.12. The molecule has 21 heavy (non-hydrogen) atoms. The van der Waals surface area contributed by atoms with Crippen LogP contribution in [-0.2, 0) is 11.3 Å². The zero-order chi connectivity index (χ0) is 15.2. The van der Waals surface area contributed by atoms with E-state index in [1.54, 1.807) is 24.2 Å². The van der Waals surface area contributed by atoms with E-state index in [2.05, 4.69) is 28.8 Å². The van der Waals surface area contributed by atoms with Crippen LogP contribution < -0.4 is 0 Å². The molecule has 2 atom stereocenters. The summed E-state index contributed by atoms with van der Waals surface area (Å²) in [5.41, 5.74) is 0. The molecule has 5 nitrogen and oxygen atoms in total. The van der Waals surface area contributed by atoms with Crippen molar-refractivity contribution in [2.24, 2.45) is 0 Å². The van der Waals surface area contributed by atoms with Gasteiger partial charge in [-0.2, -0.15) is 11.8 Å². The Labute approximate surface area is 131 Å². The summed E-state index contributed by atoms with van der Waals surface area (Å²) in [6.07, 6.45) is 7.48. The lowest BCUT2D eigenvalue weighted by Gasteiger charge is -2.25. The molecular weight excluding hydrogens is 284 g/mol. The number of hydrogen-bond donors (Lipinski definition) is 0. The molecule has 1 amide bonds. The molecule has 0 aromatic carbocycles. The maximum atomic E-state index is 12.4. The summed E-state index contributed by atoms with van der Waals surface area (Å²) in [4.78, 5) is 25.2. The van der Waals surface area contributed by atoms with Gasteiger partial charge in [-0.1, -0.05) is 6.92 Å². The first-order valence-electron chi connectivity index (χ1n) is 7.43. The van der Waals surface area contributed by atoms with Crippen molar-refractivity contribution in [2.45, 2.75) is 37.6 Å². The lowest BCUT2D eigenvalue weighted by Crippen LogP contribution is -2.39. The average Bonchev–Trinajstić information content (AvgIpc) is 2.99. The largest absolute Gasteiger partial charge is 0.340 e. The Morgan fingerprint density at radius 3 is 2.86 bits per heavy atom. The van der Waals surface area contributed by atoms with Gasteiger partial charge >= 0.3 is 0 Å². The Balaban J connectivity index is 1.88. The van der Waals surface area contributed by atoms with Crippen molar-refractivity contribution in [1.82, 2.24) is 19.8 Å². The number of carbonyl (C=O) groups is 1. The number of likely N-dealkylation sites (N-methyl/N-ethyl adjacent to an activating group) is 1. The van der Waals surface area contributed by atoms with E-state index >= 15 is 0 Å². The first-order valence-corrected chi connectivity index (χ1v) is 8.72. The molecule has 116 valence electrons. The molecule has 2 heterocycles. The number of amides is 1. The second-order valence-corrected chi connectivity index (χ2v) is 6.48. The molecular formula is C15H24N4OS. The smallest absolute Gasteiger partial charge is 0.235 e. The number of carbonyl (C=O) groups excluding carboxylic acids is 1. The molecule has 1 aromatic heterocycles. The van der Waals surface area contributed by atoms with Gasteiger partial charge in [0.2, 0.25) is 5.91 Å². The summed E-state index contributed by atoms with van der Waals surface area (Å²) in [7, 11) is 2.08. The van der Waals surface area contributed by atoms with E-state index in [0.717, 1.165) is 38.3 Å². The van der Waals surface area contributed by atoms with Crippen molar-refractivity contribution in [3.63, 3.8) is 0 Å². The zero-order valence-electron chi connectivity index (χ0n) is 13.0. The summed E-state index contributed by atoms with van der Waals surface area (Å²) in [6.45, 7) is 4.48. The van der Waals surface area contributed by atoms with Gasteiger partial charge in [0.05, 0.1) is 11.8 Å². The Morgan fingerprint density at radius 2 is 2.24 bits per heavy atom. The minimum absolute atomic E-state index is 0.103. The molecule has 1 aliphatic heterocycles. The highest BCUT2D eigenvalue weighted by Gasteiger charge is 2.31. The molecule has 0 aliphatic carbocycles. The number of hydrogen-bond acceptors (Lipinski definition) is 5. The number of thioether (sulfide) groups is 1. The lowest BCUT2D eigenvalue weighted by atomic mass is 10.2. The van der Waals surface area contributed by atoms with Crippen LogP contribution in [0, 0.1) is 0 Å². The van der Waals surface area contributed by atoms with Crippen LogP contribution in [0.25, 0.3) is 0 Å². The molecule has 0 radical (unpaired) electrons. The predicted octanol–water partition coefficient (Wildman–Crippen LogP) is 1.65. The molecule has 1 aromatic rings. The van der Waals surface area contributed by atoms with E-state index in [0.29, 0.717) is 6.04 Å². The van der Waals surface area contributed by atoms with Crippen molar-refractivity contribution in [1.29, 1.82) is 0 Å². The monoisotopic (exact) mass is 308 g/mol. The highest BCUT2D eigenvalue weighted by Crippen LogP contribution is 2.21. The fourth-order valence-corrected chi connectivity index (χ4v) is 3.40. The van der Waals surface area contributed by atoms with Crippen molar-refractivity contribution >= 4 is 17.7 Å². The maximum absolute atomic E-state index is 12.4. The molecule has 1 fully saturated rings. The zero-order valence-corrected chi connectivity index (χ0v) is 13.8. The first kappa shape index (κ1) is 16.2. The van der Waals surface area contributed by atoms with Gasteiger partial charge in [-0.25, -0.2) is 9.97 Å². The molecule has 1 aliphatic rings. The first-order chi connectivity index (χ1) is 10.2. The van der Waals surface area contributed by atoms with Crippen molar-refractivity contribution in [3.05, 3.63) is 24.3 Å². The van der Waals surface area contributed by atoms with Crippen molar-refractivity contribution < 1.29 is 4.79 Å². The summed E-state index contributed by atoms with van der Waals surface area (Å²) < 4.78 is 0. The molecule has 2 rings (SSSR count). The van der Waals surface area contributed by atoms with Crippen LogP contribution in [0.4, 0.5) is 0 Å². The number of nitrogens with zero attached hydrogens (tertiary/aromatic N) is 4. The molecule has 0 N–H and O–H groups in total. The van der Waals surface area contributed by atoms with Crippen LogP contribution in [0.5, 0.6) is 0 Å². The summed E-state index contributed by atoms with van der Waals surface area (Å²) >= 11 is 1.65. The van der Waals surface area contributed by atoms with Crippen LogP contribution in [0.2, 0.25) is 0 Å². The normalized spacial score (nSPS) is 20.0. The number of aromatic nitrogens is 2. The van der Waals surface area contributed by atoms with E-state index in [-0.39, 0.29) is 11.2 Å². The molecule has 1 saturated heterocycles. The van der Waals surface area contributed by atoms with Crippen LogP contribution in [0.1, 0.15) is 25.6 Å². The standard InChI is InChI=1S/C15H24N4OS/c1-4-13(21-3)15(20)19-9-6-12(10-19)18(2)11-14-16-7-5-8-17-14/h5,7-8,12-13H,4,6,9-11H2,1-3H3/t12-,13+/m0/s1. The van der Waals surface area contributed by atoms with E-state index in [9.17, 15) is 4.79 Å². The SMILES string of the molecule is CC[C@@H](SC)C(=O)N1CC[C@H](N(C)Cc2ncccn2)C1. The second-order valence-electron chi connectivity index (χ2n) is 5.44. The average molecular weight is 308 g/mol. The Kier molecular flexibility index (Phi) is 5.99. The van der Waals surface area contributed by atoms with Gasteiger partial charge < -0.3 is 4.90 Å². The molecule has 0 spiro atoms. The lowest BCUT2D eigenvalue weighted by molar-refractivity contribution is -0.129. The summed E-state index contributed by atoms with van der Waals surface area (Å²) in [5, 5.41) is 0.103. The quantitative estimate of drug-likeness (QED) is 0.800. The van der Waals surface area contributed by atoms with Gasteiger partial charge in [-0.3, -0.25) is 9.69 Å². The van der Waals surface area contributed by atoms with E-state index < -0.39 is 0 Å². The third-order valence-electron chi connectivity index (χ3n) is 4.04. The van der Waals surface area contributed by atoms with Gasteiger partial charge in [0.15, 0.2) is 0 Å². The maximum Gasteiger partial charge on any atom is 0.235 e. The second kappa shape index (κ2) is 7.75. The van der Waals surface area contributed by atoms with Gasteiger partial charge in [0.1, 0.15) is 5.82 Å². The highest BCUT2D eigenvalue weighted by molar-refractivity contribution is 7.99. The minimum Gasteiger partial charge on any atom is -0.340 e. The summed E-state index contributed by atoms with van der Waals surface area (Å²) in [6, 6.07) is 2.23. The number of rotatable bonds is 6. The molecule has 0 unspecified atom stereocenters. The van der Waals surface area contributed by atoms with Crippen LogP contribution in [0.15, 0.2) is 18.5 Å². The topological polar surface area (TPSA) is 49.3 Å². The van der Waals surface area contributed by atoms with Gasteiger partial charge in [-0.05, 0) is 32.2 Å². The fraction of sp³-hybridized carbons (Fsp3) is 0.667. The fourth-order valence-electron chi connectivity index (χ4n) is 2.71. The van der Waals surface area contributed by atoms with E-state index in [1.807, 2.05) is 17.2 Å². The predicted molar refractivity (Wildman–Crippen MR) is 86.1 cm³/mol. The van der Waals surface area contributed by atoms with Crippen molar-refractivity contribution in [3.8, 4) is 0 Å². The Bertz CT molecular complexity index is 452. The minimum atomic E-state index is 0.103. The third-order valence-corrected chi connectivity index (χ3v) is 5.14. The van der Waals surface area contributed by atoms with Crippen LogP contribution in [-0.4, -0.2) is 63.4 Å². The van der Waals surface area contributed by atoms with Gasteiger partial charge in [0.25, 0.3) is 0 Å². The number of likely N-dealkylation sites (tertiary alicyclic amines) is 1. The van der Waals surface area contributed by atoms with Gasteiger partial charge in [0, 0.05) is 31.5 Å². The van der Waals surface area contributed by atoms with Crippen molar-refractivity contribution in [2.75, 3.05) is 26.4 Å². The third kappa shape index (κ3) is 4.17. The molecule has 6 heteroatoms.